The van der Waals surface area contributed by atoms with Gasteiger partial charge in [-0.15, -0.1) is 0 Å². The fourth-order valence-corrected chi connectivity index (χ4v) is 2.75. The third-order valence-corrected chi connectivity index (χ3v) is 3.37. The molecule has 8 heteroatoms. The lowest BCUT2D eigenvalue weighted by Gasteiger charge is -2.21. The molecule has 0 spiro atoms. The van der Waals surface area contributed by atoms with E-state index in [9.17, 15) is 8.42 Å². The second-order valence-electron chi connectivity index (χ2n) is 4.99. The molecule has 1 aromatic carbocycles. The van der Waals surface area contributed by atoms with Gasteiger partial charge in [0.2, 0.25) is 0 Å². The number of nitrogens with two attached hydrogens (primary N) is 1. The maximum atomic E-state index is 11.9. The number of hydrogen-bond acceptors (Lipinski definition) is 4. The fourth-order valence-electron chi connectivity index (χ4n) is 1.42. The van der Waals surface area contributed by atoms with Crippen molar-refractivity contribution in [2.75, 3.05) is 4.72 Å². The summed E-state index contributed by atoms with van der Waals surface area (Å²) in [5.41, 5.74) is 5.40. The standard InChI is InChI=1S/C11H18N4O3S/c1-11(2,3)15-19(17,18)14-9-7-5-4-6-8(9)10(12)13-16/h4-7,14-16H,1-3H3,(H2,12,13). The molecule has 1 aromatic rings. The van der Waals surface area contributed by atoms with Crippen LogP contribution in [0.3, 0.4) is 0 Å². The quantitative estimate of drug-likeness (QED) is 0.284. The third kappa shape index (κ3) is 4.76. The number of amidine groups is 1. The normalized spacial score (nSPS) is 13.3. The minimum absolute atomic E-state index is 0.172. The van der Waals surface area contributed by atoms with Gasteiger partial charge in [0, 0.05) is 11.1 Å². The van der Waals surface area contributed by atoms with E-state index in [4.69, 9.17) is 10.9 Å². The Kier molecular flexibility index (Phi) is 4.38. The molecule has 5 N–H and O–H groups in total. The van der Waals surface area contributed by atoms with Gasteiger partial charge in [-0.25, -0.2) is 0 Å². The molecule has 0 aromatic heterocycles. The van der Waals surface area contributed by atoms with Crippen LogP contribution in [0.15, 0.2) is 29.4 Å². The summed E-state index contributed by atoms with van der Waals surface area (Å²) in [6, 6.07) is 6.37. The SMILES string of the molecule is CC(C)(C)NS(=O)(=O)Nc1ccccc1/C(N)=N/O. The van der Waals surface area contributed by atoms with Crippen molar-refractivity contribution in [3.05, 3.63) is 29.8 Å². The molecule has 1 rings (SSSR count). The first-order valence-corrected chi connectivity index (χ1v) is 7.01. The zero-order valence-electron chi connectivity index (χ0n) is 11.0. The van der Waals surface area contributed by atoms with Crippen LogP contribution in [-0.2, 0) is 10.2 Å². The van der Waals surface area contributed by atoms with Crippen molar-refractivity contribution in [1.29, 1.82) is 0 Å². The van der Waals surface area contributed by atoms with Crippen molar-refractivity contribution < 1.29 is 13.6 Å². The molecule has 19 heavy (non-hydrogen) atoms. The number of nitrogens with zero attached hydrogens (tertiary/aromatic N) is 1. The van der Waals surface area contributed by atoms with E-state index in [0.29, 0.717) is 5.56 Å². The second-order valence-corrected chi connectivity index (χ2v) is 6.40. The van der Waals surface area contributed by atoms with Gasteiger partial charge in [-0.1, -0.05) is 17.3 Å². The van der Waals surface area contributed by atoms with E-state index in [-0.39, 0.29) is 11.5 Å². The van der Waals surface area contributed by atoms with Crippen LogP contribution in [0.5, 0.6) is 0 Å². The monoisotopic (exact) mass is 286 g/mol. The third-order valence-electron chi connectivity index (χ3n) is 2.00. The van der Waals surface area contributed by atoms with Crippen molar-refractivity contribution in [3.8, 4) is 0 Å². The highest BCUT2D eigenvalue weighted by molar-refractivity contribution is 7.90. The Balaban J connectivity index is 3.07. The first-order valence-electron chi connectivity index (χ1n) is 5.53. The summed E-state index contributed by atoms with van der Waals surface area (Å²) in [6.45, 7) is 5.17. The summed E-state index contributed by atoms with van der Waals surface area (Å²) in [5.74, 6) is -0.172. The number of nitrogens with one attached hydrogen (secondary N) is 2. The maximum Gasteiger partial charge on any atom is 0.299 e. The molecule has 0 saturated carbocycles. The highest BCUT2D eigenvalue weighted by Gasteiger charge is 2.21. The summed E-state index contributed by atoms with van der Waals surface area (Å²) in [4.78, 5) is 0. The molecule has 0 fully saturated rings. The Morgan fingerprint density at radius 1 is 1.32 bits per heavy atom. The molecule has 0 aliphatic rings. The lowest BCUT2D eigenvalue weighted by atomic mass is 10.1. The molecule has 0 saturated heterocycles. The number of para-hydroxylation sites is 1. The molecular weight excluding hydrogens is 268 g/mol. The second kappa shape index (κ2) is 5.45. The molecule has 0 aliphatic carbocycles. The van der Waals surface area contributed by atoms with Gasteiger partial charge in [-0.2, -0.15) is 13.1 Å². The van der Waals surface area contributed by atoms with Gasteiger partial charge in [0.05, 0.1) is 5.69 Å². The predicted molar refractivity (Wildman–Crippen MR) is 74.4 cm³/mol. The zero-order chi connectivity index (χ0) is 14.7. The van der Waals surface area contributed by atoms with Crippen LogP contribution in [-0.4, -0.2) is 25.0 Å². The molecule has 0 heterocycles. The van der Waals surface area contributed by atoms with Crippen LogP contribution in [0.1, 0.15) is 26.3 Å². The van der Waals surface area contributed by atoms with Gasteiger partial charge in [0.25, 0.3) is 10.2 Å². The van der Waals surface area contributed by atoms with Crippen LogP contribution < -0.4 is 15.2 Å². The fraction of sp³-hybridized carbons (Fsp3) is 0.364. The number of anilines is 1. The van der Waals surface area contributed by atoms with Crippen LogP contribution >= 0.6 is 0 Å². The number of oxime groups is 1. The summed E-state index contributed by atoms with van der Waals surface area (Å²) in [5, 5.41) is 11.5. The lowest BCUT2D eigenvalue weighted by Crippen LogP contribution is -2.43. The Hall–Kier alpha value is -1.80. The molecule has 0 atom stereocenters. The van der Waals surface area contributed by atoms with Crippen LogP contribution in [0.2, 0.25) is 0 Å². The average molecular weight is 286 g/mol. The highest BCUT2D eigenvalue weighted by Crippen LogP contribution is 2.16. The summed E-state index contributed by atoms with van der Waals surface area (Å²) in [6.07, 6.45) is 0. The Morgan fingerprint density at radius 3 is 2.42 bits per heavy atom. The first kappa shape index (κ1) is 15.3. The van der Waals surface area contributed by atoms with Crippen molar-refractivity contribution in [2.24, 2.45) is 10.9 Å². The topological polar surface area (TPSA) is 117 Å². The molecule has 0 bridgehead atoms. The molecule has 0 aliphatic heterocycles. The minimum atomic E-state index is -3.75. The first-order chi connectivity index (χ1) is 8.64. The number of hydrogen-bond donors (Lipinski definition) is 4. The van der Waals surface area contributed by atoms with E-state index in [1.807, 2.05) is 0 Å². The Labute approximate surface area is 112 Å². The molecule has 0 unspecified atom stereocenters. The molecule has 0 radical (unpaired) electrons. The van der Waals surface area contributed by atoms with Crippen LogP contribution in [0.4, 0.5) is 5.69 Å². The van der Waals surface area contributed by atoms with E-state index in [0.717, 1.165) is 0 Å². The van der Waals surface area contributed by atoms with Gasteiger partial charge < -0.3 is 10.9 Å². The molecule has 0 amide bonds. The van der Waals surface area contributed by atoms with Crippen molar-refractivity contribution in [2.45, 2.75) is 26.3 Å². The largest absolute Gasteiger partial charge is 0.409 e. The Bertz CT molecular complexity index is 576. The maximum absolute atomic E-state index is 11.9. The molecule has 106 valence electrons. The van der Waals surface area contributed by atoms with Gasteiger partial charge in [0.1, 0.15) is 0 Å². The summed E-state index contributed by atoms with van der Waals surface area (Å²) < 4.78 is 28.6. The van der Waals surface area contributed by atoms with Crippen LogP contribution in [0, 0.1) is 0 Å². The van der Waals surface area contributed by atoms with E-state index in [1.54, 1.807) is 39.0 Å². The lowest BCUT2D eigenvalue weighted by molar-refractivity contribution is 0.318. The summed E-state index contributed by atoms with van der Waals surface area (Å²) in [7, 11) is -3.75. The van der Waals surface area contributed by atoms with Gasteiger partial charge >= 0.3 is 0 Å². The van der Waals surface area contributed by atoms with E-state index in [1.165, 1.54) is 6.07 Å². The van der Waals surface area contributed by atoms with Crippen molar-refractivity contribution >= 4 is 21.7 Å². The smallest absolute Gasteiger partial charge is 0.299 e. The van der Waals surface area contributed by atoms with Crippen molar-refractivity contribution in [3.63, 3.8) is 0 Å². The molecule has 7 nitrogen and oxygen atoms in total. The van der Waals surface area contributed by atoms with Gasteiger partial charge in [0.15, 0.2) is 5.84 Å². The number of benzene rings is 1. The predicted octanol–water partition coefficient (Wildman–Crippen LogP) is 0.826. The Morgan fingerprint density at radius 2 is 1.89 bits per heavy atom. The molecular formula is C11H18N4O3S. The average Bonchev–Trinajstić information content (AvgIpc) is 2.24. The highest BCUT2D eigenvalue weighted by atomic mass is 32.2. The van der Waals surface area contributed by atoms with E-state index in [2.05, 4.69) is 14.6 Å². The zero-order valence-corrected chi connectivity index (χ0v) is 11.8. The summed E-state index contributed by atoms with van der Waals surface area (Å²) >= 11 is 0. The van der Waals surface area contributed by atoms with Crippen molar-refractivity contribution in [1.82, 2.24) is 4.72 Å². The van der Waals surface area contributed by atoms with Gasteiger partial charge in [-0.05, 0) is 32.9 Å². The van der Waals surface area contributed by atoms with Gasteiger partial charge in [-0.3, -0.25) is 4.72 Å². The minimum Gasteiger partial charge on any atom is -0.409 e. The van der Waals surface area contributed by atoms with E-state index < -0.39 is 15.7 Å². The number of rotatable bonds is 4. The van der Waals surface area contributed by atoms with Crippen LogP contribution in [0.25, 0.3) is 0 Å². The van der Waals surface area contributed by atoms with E-state index >= 15 is 0 Å².